The molecule has 0 aliphatic carbocycles. The molecule has 11 rings (SSSR count). The van der Waals surface area contributed by atoms with Gasteiger partial charge in [0.2, 0.25) is 6.71 Å². The molecule has 57 heavy (non-hydrogen) atoms. The van der Waals surface area contributed by atoms with Crippen molar-refractivity contribution >= 4 is 85.9 Å². The van der Waals surface area contributed by atoms with E-state index in [1.54, 1.807) is 0 Å². The summed E-state index contributed by atoms with van der Waals surface area (Å²) < 4.78 is 7.10. The first kappa shape index (κ1) is 35.6. The average molecular weight is 760 g/mol. The molecule has 0 radical (unpaired) electrons. The summed E-state index contributed by atoms with van der Waals surface area (Å²) in [5, 5.41) is 2.41. The zero-order valence-corrected chi connectivity index (χ0v) is 36.4. The standard InChI is InChI=1S/C52H51B2NOS/c1-49(2,3)28-16-18-31-33-21-23-42-43-45(33)55-44-36(32-19-17-29(50(4,5)6)26-40(32)54(55)39(31)25-28)24-30(51(7,8)9)27-41(44)53(43)38-22-20-35-34-14-13-15-37(52(10,11)12)46(34)56-47(35)48(38)57-42/h13-27H,1-12H3. The van der Waals surface area contributed by atoms with Gasteiger partial charge in [-0.25, -0.2) is 0 Å². The lowest BCUT2D eigenvalue weighted by molar-refractivity contribution is 0.571. The van der Waals surface area contributed by atoms with E-state index >= 15 is 0 Å². The summed E-state index contributed by atoms with van der Waals surface area (Å²) in [5.41, 5.74) is 22.7. The monoisotopic (exact) mass is 759 g/mol. The smallest absolute Gasteiger partial charge is 0.329 e. The van der Waals surface area contributed by atoms with Gasteiger partial charge >= 0.3 is 6.85 Å². The van der Waals surface area contributed by atoms with Crippen molar-refractivity contribution in [3.63, 3.8) is 0 Å². The molecule has 5 heterocycles. The number of fused-ring (bicyclic) bond motifs is 13. The molecule has 282 valence electrons. The highest BCUT2D eigenvalue weighted by Gasteiger charge is 2.52. The van der Waals surface area contributed by atoms with Gasteiger partial charge in [0.05, 0.1) is 4.90 Å². The maximum absolute atomic E-state index is 7.10. The number of nitrogens with zero attached hydrogens (tertiary/aromatic N) is 1. The van der Waals surface area contributed by atoms with Crippen LogP contribution in [-0.4, -0.2) is 13.6 Å². The number of rotatable bonds is 0. The summed E-state index contributed by atoms with van der Waals surface area (Å²) >= 11 is 1.92. The largest absolute Gasteiger partial charge is 0.455 e. The average Bonchev–Trinajstić information content (AvgIpc) is 3.53. The van der Waals surface area contributed by atoms with Crippen molar-refractivity contribution in [2.45, 2.75) is 115 Å². The molecule has 0 bridgehead atoms. The highest BCUT2D eigenvalue weighted by atomic mass is 32.2. The Kier molecular flexibility index (Phi) is 6.93. The predicted octanol–water partition coefficient (Wildman–Crippen LogP) is 11.0. The SMILES string of the molecule is CC(C)(C)c1ccc2c(c1)B1c3cc(C(C)(C)C)ccc3-c3ccc4c5c3N1c1c(cc(C(C)(C)C)cc1-2)B5c1ccc2c(oc3c(C(C)(C)C)cccc32)c1S4. The molecule has 7 aromatic rings. The van der Waals surface area contributed by atoms with Gasteiger partial charge in [-0.15, -0.1) is 0 Å². The second-order valence-corrected chi connectivity index (χ2v) is 22.4. The molecule has 0 N–H and O–H groups in total. The van der Waals surface area contributed by atoms with E-state index in [4.69, 9.17) is 4.42 Å². The van der Waals surface area contributed by atoms with Gasteiger partial charge in [0.25, 0.3) is 0 Å². The molecular weight excluding hydrogens is 708 g/mol. The highest BCUT2D eigenvalue weighted by molar-refractivity contribution is 8.00. The Balaban J connectivity index is 1.28. The highest BCUT2D eigenvalue weighted by Crippen LogP contribution is 2.52. The number of hydrogen-bond donors (Lipinski definition) is 0. The van der Waals surface area contributed by atoms with Gasteiger partial charge in [0.1, 0.15) is 11.2 Å². The molecule has 6 aromatic carbocycles. The van der Waals surface area contributed by atoms with Crippen molar-refractivity contribution in [1.82, 2.24) is 0 Å². The molecule has 0 atom stereocenters. The van der Waals surface area contributed by atoms with E-state index in [-0.39, 0.29) is 35.2 Å². The zero-order valence-electron chi connectivity index (χ0n) is 35.6. The van der Waals surface area contributed by atoms with Gasteiger partial charge in [-0.2, -0.15) is 0 Å². The lowest BCUT2D eigenvalue weighted by Gasteiger charge is -2.51. The van der Waals surface area contributed by atoms with Crippen LogP contribution in [0, 0.1) is 0 Å². The number of furan rings is 1. The van der Waals surface area contributed by atoms with Crippen LogP contribution >= 0.6 is 11.8 Å². The van der Waals surface area contributed by atoms with Gasteiger partial charge in [-0.1, -0.05) is 179 Å². The normalized spacial score (nSPS) is 15.2. The van der Waals surface area contributed by atoms with E-state index < -0.39 is 0 Å². The molecule has 0 saturated carbocycles. The minimum absolute atomic E-state index is 0.0263. The summed E-state index contributed by atoms with van der Waals surface area (Å²) in [6.07, 6.45) is 0. The molecular formula is C52H51B2NOS. The molecule has 0 spiro atoms. The number of para-hydroxylation sites is 1. The van der Waals surface area contributed by atoms with E-state index in [9.17, 15) is 0 Å². The molecule has 4 aliphatic heterocycles. The van der Waals surface area contributed by atoms with Gasteiger partial charge in [0, 0.05) is 43.7 Å². The summed E-state index contributed by atoms with van der Waals surface area (Å²) in [4.78, 5) is 5.40. The van der Waals surface area contributed by atoms with Gasteiger partial charge in [-0.05, 0) is 83.5 Å². The maximum atomic E-state index is 7.10. The topological polar surface area (TPSA) is 16.4 Å². The first-order valence-corrected chi connectivity index (χ1v) is 21.7. The predicted molar refractivity (Wildman–Crippen MR) is 248 cm³/mol. The summed E-state index contributed by atoms with van der Waals surface area (Å²) in [7, 11) is 0. The first-order chi connectivity index (χ1) is 26.8. The van der Waals surface area contributed by atoms with Crippen LogP contribution in [0.3, 0.4) is 0 Å². The molecule has 0 amide bonds. The molecule has 2 nitrogen and oxygen atoms in total. The van der Waals surface area contributed by atoms with Gasteiger partial charge in [0.15, 0.2) is 0 Å². The Bertz CT molecular complexity index is 2940. The Hall–Kier alpha value is -4.60. The van der Waals surface area contributed by atoms with Crippen molar-refractivity contribution in [2.24, 2.45) is 0 Å². The van der Waals surface area contributed by atoms with E-state index in [1.807, 2.05) is 11.8 Å². The van der Waals surface area contributed by atoms with Crippen LogP contribution in [0.5, 0.6) is 0 Å². The number of benzene rings is 6. The lowest BCUT2D eigenvalue weighted by Crippen LogP contribution is -2.69. The van der Waals surface area contributed by atoms with Crippen molar-refractivity contribution in [2.75, 3.05) is 4.81 Å². The van der Waals surface area contributed by atoms with Crippen LogP contribution in [0.4, 0.5) is 11.4 Å². The van der Waals surface area contributed by atoms with Gasteiger partial charge < -0.3 is 9.23 Å². The van der Waals surface area contributed by atoms with Crippen LogP contribution in [-0.2, 0) is 21.7 Å². The van der Waals surface area contributed by atoms with E-state index in [0.717, 1.165) is 11.2 Å². The maximum Gasteiger partial charge on any atom is 0.329 e. The van der Waals surface area contributed by atoms with Crippen LogP contribution in [0.15, 0.2) is 105 Å². The van der Waals surface area contributed by atoms with Crippen LogP contribution in [0.2, 0.25) is 0 Å². The second kappa shape index (κ2) is 11.1. The van der Waals surface area contributed by atoms with Crippen molar-refractivity contribution < 1.29 is 4.42 Å². The number of anilines is 2. The third kappa shape index (κ3) is 4.82. The van der Waals surface area contributed by atoms with E-state index in [1.165, 1.54) is 104 Å². The fourth-order valence-corrected chi connectivity index (χ4v) is 11.6. The van der Waals surface area contributed by atoms with E-state index in [2.05, 4.69) is 179 Å². The first-order valence-electron chi connectivity index (χ1n) is 20.9. The lowest BCUT2D eigenvalue weighted by atomic mass is 9.31. The minimum atomic E-state index is -0.0345. The minimum Gasteiger partial charge on any atom is -0.455 e. The van der Waals surface area contributed by atoms with Crippen LogP contribution in [0.1, 0.15) is 105 Å². The fraction of sp³-hybridized carbons (Fsp3) is 0.308. The van der Waals surface area contributed by atoms with Gasteiger partial charge in [-0.3, -0.25) is 0 Å². The Morgan fingerprint density at radius 1 is 0.491 bits per heavy atom. The Labute approximate surface area is 343 Å². The molecule has 1 aromatic heterocycles. The third-order valence-corrected chi connectivity index (χ3v) is 14.7. The van der Waals surface area contributed by atoms with Crippen LogP contribution in [0.25, 0.3) is 44.2 Å². The summed E-state index contributed by atoms with van der Waals surface area (Å²) in [5.74, 6) is 0. The quantitative estimate of drug-likeness (QED) is 0.143. The number of hydrogen-bond acceptors (Lipinski definition) is 3. The van der Waals surface area contributed by atoms with Crippen molar-refractivity contribution in [3.05, 3.63) is 113 Å². The van der Waals surface area contributed by atoms with Crippen LogP contribution < -0.4 is 32.1 Å². The Morgan fingerprint density at radius 2 is 1.09 bits per heavy atom. The Morgan fingerprint density at radius 3 is 1.72 bits per heavy atom. The van der Waals surface area contributed by atoms with E-state index in [0.29, 0.717) is 0 Å². The third-order valence-electron chi connectivity index (χ3n) is 13.5. The second-order valence-electron chi connectivity index (χ2n) is 21.4. The zero-order chi connectivity index (χ0) is 39.9. The fourth-order valence-electron chi connectivity index (χ4n) is 10.4. The molecule has 5 heteroatoms. The van der Waals surface area contributed by atoms with Crippen molar-refractivity contribution in [3.8, 4) is 22.3 Å². The van der Waals surface area contributed by atoms with Crippen molar-refractivity contribution in [1.29, 1.82) is 0 Å². The summed E-state index contributed by atoms with van der Waals surface area (Å²) in [6, 6.07) is 36.2. The molecule has 0 fully saturated rings. The molecule has 0 saturated heterocycles. The molecule has 0 unspecified atom stereocenters. The summed E-state index contributed by atoms with van der Waals surface area (Å²) in [6.45, 7) is 28.2. The molecule has 4 aliphatic rings.